The Morgan fingerprint density at radius 3 is 2.64 bits per heavy atom. The minimum absolute atomic E-state index is 0.466. The van der Waals surface area contributed by atoms with E-state index in [1.165, 1.54) is 0 Å². The van der Waals surface area contributed by atoms with E-state index in [0.717, 1.165) is 24.4 Å². The summed E-state index contributed by atoms with van der Waals surface area (Å²) in [6, 6.07) is 1.87. The molecule has 76 valence electrons. The topological polar surface area (TPSA) is 43.4 Å². The van der Waals surface area contributed by atoms with Gasteiger partial charge in [-0.3, -0.25) is 0 Å². The number of aromatic nitrogens is 1. The second kappa shape index (κ2) is 3.84. The first-order valence-corrected chi connectivity index (χ1v) is 4.64. The van der Waals surface area contributed by atoms with Crippen LogP contribution in [0.2, 0.25) is 0 Å². The smallest absolute Gasteiger partial charge is 0.220 e. The van der Waals surface area contributed by atoms with Crippen LogP contribution < -0.4 is 14.8 Å². The molecule has 0 spiro atoms. The molecule has 14 heavy (non-hydrogen) atoms. The highest BCUT2D eigenvalue weighted by molar-refractivity contribution is 5.44. The minimum Gasteiger partial charge on any atom is -0.496 e. The van der Waals surface area contributed by atoms with E-state index in [9.17, 15) is 0 Å². The van der Waals surface area contributed by atoms with Gasteiger partial charge in [0, 0.05) is 25.2 Å². The molecular weight excluding hydrogens is 180 g/mol. The second-order valence-electron chi connectivity index (χ2n) is 3.29. The van der Waals surface area contributed by atoms with Gasteiger partial charge in [-0.2, -0.15) is 0 Å². The van der Waals surface area contributed by atoms with E-state index < -0.39 is 0 Å². The number of ether oxygens (including phenoxy) is 2. The highest BCUT2D eigenvalue weighted by atomic mass is 16.5. The molecular formula is C10H14N2O2. The molecule has 1 fully saturated rings. The molecule has 1 N–H and O–H groups in total. The normalized spacial score (nSPS) is 16.1. The van der Waals surface area contributed by atoms with Gasteiger partial charge in [-0.25, -0.2) is 4.98 Å². The van der Waals surface area contributed by atoms with Crippen molar-refractivity contribution >= 4 is 0 Å². The maximum absolute atomic E-state index is 5.30. The molecule has 1 aromatic rings. The van der Waals surface area contributed by atoms with E-state index in [4.69, 9.17) is 9.47 Å². The van der Waals surface area contributed by atoms with Crippen LogP contribution in [0.1, 0.15) is 11.5 Å². The standard InChI is InChI=1S/C10H14N2O2/c1-13-8-3-4-12-10(14-2)9(8)7-5-11-6-7/h3-4,7,11H,5-6H2,1-2H3. The van der Waals surface area contributed by atoms with Crippen molar-refractivity contribution in [1.82, 2.24) is 10.3 Å². The summed E-state index contributed by atoms with van der Waals surface area (Å²) in [5, 5.41) is 3.22. The fourth-order valence-corrected chi connectivity index (χ4v) is 1.65. The molecule has 0 bridgehead atoms. The van der Waals surface area contributed by atoms with Gasteiger partial charge in [-0.05, 0) is 6.07 Å². The van der Waals surface area contributed by atoms with Crippen LogP contribution in [0.15, 0.2) is 12.3 Å². The average Bonchev–Trinajstić information content (AvgIpc) is 2.15. The van der Waals surface area contributed by atoms with Gasteiger partial charge in [0.2, 0.25) is 5.88 Å². The summed E-state index contributed by atoms with van der Waals surface area (Å²) in [7, 11) is 3.31. The Balaban J connectivity index is 2.39. The number of nitrogens with one attached hydrogen (secondary N) is 1. The lowest BCUT2D eigenvalue weighted by Gasteiger charge is -2.29. The number of pyridine rings is 1. The zero-order valence-electron chi connectivity index (χ0n) is 8.41. The van der Waals surface area contributed by atoms with Crippen molar-refractivity contribution < 1.29 is 9.47 Å². The Hall–Kier alpha value is -1.29. The van der Waals surface area contributed by atoms with Crippen molar-refractivity contribution in [1.29, 1.82) is 0 Å². The van der Waals surface area contributed by atoms with E-state index in [-0.39, 0.29) is 0 Å². The lowest BCUT2D eigenvalue weighted by atomic mass is 9.94. The minimum atomic E-state index is 0.466. The fraction of sp³-hybridized carbons (Fsp3) is 0.500. The van der Waals surface area contributed by atoms with Gasteiger partial charge < -0.3 is 14.8 Å². The molecule has 1 aliphatic heterocycles. The van der Waals surface area contributed by atoms with Crippen LogP contribution in [-0.2, 0) is 0 Å². The lowest BCUT2D eigenvalue weighted by molar-refractivity contribution is 0.347. The molecule has 1 saturated heterocycles. The largest absolute Gasteiger partial charge is 0.496 e. The first-order valence-electron chi connectivity index (χ1n) is 4.64. The van der Waals surface area contributed by atoms with Gasteiger partial charge in [-0.15, -0.1) is 0 Å². The zero-order valence-corrected chi connectivity index (χ0v) is 8.41. The Bertz CT molecular complexity index is 302. The first kappa shape index (κ1) is 9.27. The van der Waals surface area contributed by atoms with Crippen molar-refractivity contribution in [2.45, 2.75) is 5.92 Å². The Kier molecular flexibility index (Phi) is 2.54. The van der Waals surface area contributed by atoms with Crippen LogP contribution >= 0.6 is 0 Å². The van der Waals surface area contributed by atoms with E-state index in [2.05, 4.69) is 10.3 Å². The maximum Gasteiger partial charge on any atom is 0.220 e. The quantitative estimate of drug-likeness (QED) is 0.772. The third kappa shape index (κ3) is 1.42. The summed E-state index contributed by atoms with van der Waals surface area (Å²) >= 11 is 0. The number of hydrogen-bond donors (Lipinski definition) is 1. The van der Waals surface area contributed by atoms with Crippen LogP contribution in [-0.4, -0.2) is 32.3 Å². The highest BCUT2D eigenvalue weighted by Crippen LogP contribution is 2.35. The third-order valence-corrected chi connectivity index (χ3v) is 2.52. The third-order valence-electron chi connectivity index (χ3n) is 2.52. The summed E-state index contributed by atoms with van der Waals surface area (Å²) in [6.07, 6.45) is 1.70. The lowest BCUT2D eigenvalue weighted by Crippen LogP contribution is -2.40. The number of methoxy groups -OCH3 is 2. The summed E-state index contributed by atoms with van der Waals surface area (Å²) in [5.74, 6) is 2.01. The molecule has 1 aromatic heterocycles. The molecule has 2 rings (SSSR count). The van der Waals surface area contributed by atoms with Crippen LogP contribution in [0.5, 0.6) is 11.6 Å². The van der Waals surface area contributed by atoms with Gasteiger partial charge in [0.25, 0.3) is 0 Å². The van der Waals surface area contributed by atoms with Crippen molar-refractivity contribution in [2.24, 2.45) is 0 Å². The van der Waals surface area contributed by atoms with Gasteiger partial charge in [0.05, 0.1) is 19.8 Å². The Morgan fingerprint density at radius 1 is 1.36 bits per heavy atom. The molecule has 4 nitrogen and oxygen atoms in total. The molecule has 0 atom stereocenters. The van der Waals surface area contributed by atoms with Gasteiger partial charge in [0.1, 0.15) is 5.75 Å². The number of hydrogen-bond acceptors (Lipinski definition) is 4. The van der Waals surface area contributed by atoms with Crippen molar-refractivity contribution in [2.75, 3.05) is 27.3 Å². The molecule has 2 heterocycles. The number of nitrogens with zero attached hydrogens (tertiary/aromatic N) is 1. The Labute approximate surface area is 83.2 Å². The van der Waals surface area contributed by atoms with Gasteiger partial charge in [0.15, 0.2) is 0 Å². The second-order valence-corrected chi connectivity index (χ2v) is 3.29. The van der Waals surface area contributed by atoms with Crippen LogP contribution in [0, 0.1) is 0 Å². The average molecular weight is 194 g/mol. The van der Waals surface area contributed by atoms with Crippen molar-refractivity contribution in [3.8, 4) is 11.6 Å². The van der Waals surface area contributed by atoms with E-state index in [1.54, 1.807) is 20.4 Å². The zero-order chi connectivity index (χ0) is 9.97. The maximum atomic E-state index is 5.30. The van der Waals surface area contributed by atoms with Gasteiger partial charge >= 0.3 is 0 Å². The predicted octanol–water partition coefficient (Wildman–Crippen LogP) is 0.786. The first-order chi connectivity index (χ1) is 6.86. The summed E-state index contributed by atoms with van der Waals surface area (Å²) in [5.41, 5.74) is 1.08. The molecule has 0 saturated carbocycles. The molecule has 1 aliphatic rings. The summed E-state index contributed by atoms with van der Waals surface area (Å²) in [4.78, 5) is 4.18. The molecule has 0 radical (unpaired) electrons. The summed E-state index contributed by atoms with van der Waals surface area (Å²) in [6.45, 7) is 1.94. The highest BCUT2D eigenvalue weighted by Gasteiger charge is 2.26. The van der Waals surface area contributed by atoms with Gasteiger partial charge in [-0.1, -0.05) is 0 Å². The van der Waals surface area contributed by atoms with Crippen LogP contribution in [0.4, 0.5) is 0 Å². The molecule has 0 unspecified atom stereocenters. The molecule has 0 aromatic carbocycles. The fourth-order valence-electron chi connectivity index (χ4n) is 1.65. The van der Waals surface area contributed by atoms with Crippen LogP contribution in [0.3, 0.4) is 0 Å². The van der Waals surface area contributed by atoms with Crippen molar-refractivity contribution in [3.05, 3.63) is 17.8 Å². The summed E-state index contributed by atoms with van der Waals surface area (Å²) < 4.78 is 10.5. The molecule has 4 heteroatoms. The monoisotopic (exact) mass is 194 g/mol. The number of rotatable bonds is 3. The van der Waals surface area contributed by atoms with Crippen LogP contribution in [0.25, 0.3) is 0 Å². The van der Waals surface area contributed by atoms with E-state index in [0.29, 0.717) is 11.8 Å². The Morgan fingerprint density at radius 2 is 2.14 bits per heavy atom. The van der Waals surface area contributed by atoms with E-state index >= 15 is 0 Å². The van der Waals surface area contributed by atoms with Crippen molar-refractivity contribution in [3.63, 3.8) is 0 Å². The SMILES string of the molecule is COc1ccnc(OC)c1C1CNC1. The molecule has 0 amide bonds. The van der Waals surface area contributed by atoms with E-state index in [1.807, 2.05) is 6.07 Å². The molecule has 0 aliphatic carbocycles. The predicted molar refractivity (Wildman–Crippen MR) is 53.0 cm³/mol.